The molecule has 0 bridgehead atoms. The molecule has 0 unspecified atom stereocenters. The van der Waals surface area contributed by atoms with E-state index in [1.54, 1.807) is 0 Å². The maximum Gasteiger partial charge on any atom is 0.171 e. The first-order valence-corrected chi connectivity index (χ1v) is 3.54. The zero-order valence-electron chi connectivity index (χ0n) is 5.43. The Balaban J connectivity index is 2.04. The number of rotatable bonds is 0. The van der Waals surface area contributed by atoms with Gasteiger partial charge in [-0.05, 0) is 12.8 Å². The van der Waals surface area contributed by atoms with Crippen molar-refractivity contribution in [2.45, 2.75) is 25.0 Å². The molecule has 0 aromatic heterocycles. The fourth-order valence-electron chi connectivity index (χ4n) is 1.51. The van der Waals surface area contributed by atoms with E-state index >= 15 is 0 Å². The fourth-order valence-corrected chi connectivity index (χ4v) is 1.51. The van der Waals surface area contributed by atoms with E-state index in [9.17, 15) is 0 Å². The highest BCUT2D eigenvalue weighted by molar-refractivity contribution is 4.94. The van der Waals surface area contributed by atoms with Crippen molar-refractivity contribution >= 4 is 0 Å². The molecular weight excluding hydrogens is 116 g/mol. The average molecular weight is 127 g/mol. The zero-order valence-corrected chi connectivity index (χ0v) is 5.43. The van der Waals surface area contributed by atoms with E-state index in [4.69, 9.17) is 9.47 Å². The molecule has 0 aromatic carbocycles. The molecule has 9 heavy (non-hydrogen) atoms. The fraction of sp³-hybridized carbons (Fsp3) is 0.857. The molecule has 2 aliphatic rings. The Labute approximate surface area is 55.1 Å². The lowest BCUT2D eigenvalue weighted by Crippen LogP contribution is -2.25. The molecule has 0 aromatic rings. The van der Waals surface area contributed by atoms with Gasteiger partial charge in [0.15, 0.2) is 5.79 Å². The summed E-state index contributed by atoms with van der Waals surface area (Å²) < 4.78 is 10.8. The molecular formula is C7H11O2. The molecule has 1 saturated heterocycles. The van der Waals surface area contributed by atoms with Crippen molar-refractivity contribution in [3.8, 4) is 0 Å². The van der Waals surface area contributed by atoms with Gasteiger partial charge in [0.2, 0.25) is 0 Å². The normalized spacial score (nSPS) is 32.0. The van der Waals surface area contributed by atoms with E-state index in [1.165, 1.54) is 6.42 Å². The summed E-state index contributed by atoms with van der Waals surface area (Å²) in [6.07, 6.45) is 5.59. The molecule has 0 N–H and O–H groups in total. The Hall–Kier alpha value is -0.0800. The lowest BCUT2D eigenvalue weighted by molar-refractivity contribution is -0.122. The molecule has 51 valence electrons. The van der Waals surface area contributed by atoms with Crippen molar-refractivity contribution in [1.29, 1.82) is 0 Å². The van der Waals surface area contributed by atoms with Gasteiger partial charge in [0, 0.05) is 12.8 Å². The summed E-state index contributed by atoms with van der Waals surface area (Å²) in [6, 6.07) is 0. The van der Waals surface area contributed by atoms with E-state index in [0.717, 1.165) is 26.1 Å². The molecule has 0 atom stereocenters. The zero-order chi connectivity index (χ0) is 6.16. The van der Waals surface area contributed by atoms with Crippen molar-refractivity contribution in [3.05, 3.63) is 6.42 Å². The third kappa shape index (κ3) is 0.864. The quantitative estimate of drug-likeness (QED) is 0.485. The molecule has 2 heteroatoms. The van der Waals surface area contributed by atoms with Crippen molar-refractivity contribution < 1.29 is 9.47 Å². The predicted molar refractivity (Wildman–Crippen MR) is 32.8 cm³/mol. The summed E-state index contributed by atoms with van der Waals surface area (Å²) >= 11 is 0. The lowest BCUT2D eigenvalue weighted by Gasteiger charge is -2.19. The summed E-state index contributed by atoms with van der Waals surface area (Å²) in [6.45, 7) is 1.55. The highest BCUT2D eigenvalue weighted by Crippen LogP contribution is 2.35. The summed E-state index contributed by atoms with van der Waals surface area (Å²) in [5, 5.41) is 0. The maximum absolute atomic E-state index is 5.42. The first kappa shape index (κ1) is 5.69. The first-order valence-electron chi connectivity index (χ1n) is 3.54. The van der Waals surface area contributed by atoms with Crippen LogP contribution in [0.25, 0.3) is 0 Å². The van der Waals surface area contributed by atoms with Gasteiger partial charge in [-0.25, -0.2) is 0 Å². The Kier molecular flexibility index (Phi) is 1.24. The third-order valence-electron chi connectivity index (χ3n) is 1.96. The largest absolute Gasteiger partial charge is 0.347 e. The molecule has 1 spiro atoms. The monoisotopic (exact) mass is 127 g/mol. The van der Waals surface area contributed by atoms with Crippen LogP contribution in [0.5, 0.6) is 0 Å². The van der Waals surface area contributed by atoms with Crippen molar-refractivity contribution in [2.75, 3.05) is 13.2 Å². The van der Waals surface area contributed by atoms with Gasteiger partial charge in [-0.15, -0.1) is 0 Å². The van der Waals surface area contributed by atoms with E-state index in [2.05, 4.69) is 6.42 Å². The van der Waals surface area contributed by atoms with Crippen LogP contribution in [0.3, 0.4) is 0 Å². The predicted octanol–water partition coefficient (Wildman–Crippen LogP) is 1.12. The van der Waals surface area contributed by atoms with Crippen LogP contribution in [0.15, 0.2) is 0 Å². The van der Waals surface area contributed by atoms with Crippen LogP contribution in [-0.4, -0.2) is 19.0 Å². The van der Waals surface area contributed by atoms with Crippen LogP contribution < -0.4 is 0 Å². The minimum absolute atomic E-state index is 0.236. The maximum atomic E-state index is 5.42. The van der Waals surface area contributed by atoms with E-state index in [0.29, 0.717) is 0 Å². The minimum atomic E-state index is -0.236. The van der Waals surface area contributed by atoms with E-state index in [-0.39, 0.29) is 5.79 Å². The second-order valence-corrected chi connectivity index (χ2v) is 2.61. The number of ether oxygens (including phenoxy) is 2. The molecule has 2 nitrogen and oxygen atoms in total. The molecule has 0 amide bonds. The molecule has 1 aliphatic carbocycles. The van der Waals surface area contributed by atoms with Gasteiger partial charge in [0.05, 0.1) is 13.2 Å². The van der Waals surface area contributed by atoms with Crippen molar-refractivity contribution in [2.24, 2.45) is 0 Å². The van der Waals surface area contributed by atoms with Gasteiger partial charge in [0.1, 0.15) is 0 Å². The SMILES string of the molecule is [CH]1CCCC12OCCO2. The Morgan fingerprint density at radius 3 is 2.56 bits per heavy atom. The first-order chi connectivity index (χ1) is 4.41. The van der Waals surface area contributed by atoms with Crippen LogP contribution >= 0.6 is 0 Å². The summed E-state index contributed by atoms with van der Waals surface area (Å²) in [5.41, 5.74) is 0. The van der Waals surface area contributed by atoms with Crippen molar-refractivity contribution in [1.82, 2.24) is 0 Å². The molecule has 2 fully saturated rings. The minimum Gasteiger partial charge on any atom is -0.347 e. The highest BCUT2D eigenvalue weighted by Gasteiger charge is 2.39. The van der Waals surface area contributed by atoms with Gasteiger partial charge in [-0.2, -0.15) is 0 Å². The van der Waals surface area contributed by atoms with Crippen LogP contribution in [0.1, 0.15) is 19.3 Å². The van der Waals surface area contributed by atoms with Crippen molar-refractivity contribution in [3.63, 3.8) is 0 Å². The lowest BCUT2D eigenvalue weighted by atomic mass is 10.2. The summed E-state index contributed by atoms with van der Waals surface area (Å²) in [5.74, 6) is -0.236. The Morgan fingerprint density at radius 1 is 1.22 bits per heavy atom. The highest BCUT2D eigenvalue weighted by atomic mass is 16.7. The second-order valence-electron chi connectivity index (χ2n) is 2.61. The molecule has 1 heterocycles. The topological polar surface area (TPSA) is 18.5 Å². The molecule has 1 saturated carbocycles. The van der Waals surface area contributed by atoms with Gasteiger partial charge in [-0.3, -0.25) is 0 Å². The summed E-state index contributed by atoms with van der Waals surface area (Å²) in [7, 11) is 0. The van der Waals surface area contributed by atoms with Gasteiger partial charge < -0.3 is 9.47 Å². The molecule has 1 aliphatic heterocycles. The Bertz CT molecular complexity index is 82.0. The molecule has 2 rings (SSSR count). The Morgan fingerprint density at radius 2 is 2.00 bits per heavy atom. The van der Waals surface area contributed by atoms with E-state index < -0.39 is 0 Å². The second kappa shape index (κ2) is 1.96. The van der Waals surface area contributed by atoms with Crippen LogP contribution in [-0.2, 0) is 9.47 Å². The number of hydrogen-bond acceptors (Lipinski definition) is 2. The van der Waals surface area contributed by atoms with Crippen LogP contribution in [0.4, 0.5) is 0 Å². The average Bonchev–Trinajstić information content (AvgIpc) is 2.45. The molecule has 1 radical (unpaired) electrons. The smallest absolute Gasteiger partial charge is 0.171 e. The van der Waals surface area contributed by atoms with E-state index in [1.807, 2.05) is 0 Å². The van der Waals surface area contributed by atoms with Crippen LogP contribution in [0, 0.1) is 6.42 Å². The number of hydrogen-bond donors (Lipinski definition) is 0. The summed E-state index contributed by atoms with van der Waals surface area (Å²) in [4.78, 5) is 0. The van der Waals surface area contributed by atoms with Gasteiger partial charge in [-0.1, -0.05) is 0 Å². The third-order valence-corrected chi connectivity index (χ3v) is 1.96. The van der Waals surface area contributed by atoms with Gasteiger partial charge in [0.25, 0.3) is 0 Å². The van der Waals surface area contributed by atoms with Crippen LogP contribution in [0.2, 0.25) is 0 Å². The standard InChI is InChI=1S/C7H11O2/c1-2-4-7(3-1)8-5-6-9-7/h3H,1-2,4-6H2. The van der Waals surface area contributed by atoms with Gasteiger partial charge >= 0.3 is 0 Å².